The smallest absolute Gasteiger partial charge is 0.306 e. The number of aromatic amines is 1. The van der Waals surface area contributed by atoms with Crippen molar-refractivity contribution < 1.29 is 13.2 Å². The molecule has 116 valence electrons. The molecular weight excluding hydrogens is 307 g/mol. The third kappa shape index (κ3) is 3.28. The Balaban J connectivity index is 2.04. The monoisotopic (exact) mass is 317 g/mol. The fourth-order valence-electron chi connectivity index (χ4n) is 2.07. The summed E-state index contributed by atoms with van der Waals surface area (Å²) in [7, 11) is 0. The zero-order valence-electron chi connectivity index (χ0n) is 11.6. The van der Waals surface area contributed by atoms with E-state index in [-0.39, 0.29) is 5.82 Å². The Hall–Kier alpha value is -2.96. The van der Waals surface area contributed by atoms with Gasteiger partial charge >= 0.3 is 6.18 Å². The Kier molecular flexibility index (Phi) is 3.69. The second-order valence-electron chi connectivity index (χ2n) is 4.80. The molecule has 1 N–H and O–H groups in total. The lowest BCUT2D eigenvalue weighted by atomic mass is 10.1. The van der Waals surface area contributed by atoms with E-state index in [9.17, 15) is 18.0 Å². The second kappa shape index (κ2) is 5.68. The largest absolute Gasteiger partial charge is 0.416 e. The van der Waals surface area contributed by atoms with Crippen LogP contribution in [-0.2, 0) is 6.18 Å². The summed E-state index contributed by atoms with van der Waals surface area (Å²) in [5, 5.41) is 0. The molecule has 0 saturated heterocycles. The van der Waals surface area contributed by atoms with Crippen molar-refractivity contribution >= 4 is 0 Å². The average Bonchev–Trinajstić information content (AvgIpc) is 2.54. The molecular formula is C16H10F3N3O. The molecule has 3 rings (SSSR count). The molecule has 0 radical (unpaired) electrons. The summed E-state index contributed by atoms with van der Waals surface area (Å²) in [4.78, 5) is 22.6. The average molecular weight is 317 g/mol. The van der Waals surface area contributed by atoms with Crippen LogP contribution in [0.3, 0.4) is 0 Å². The van der Waals surface area contributed by atoms with Gasteiger partial charge in [-0.1, -0.05) is 12.1 Å². The van der Waals surface area contributed by atoms with Crippen LogP contribution in [-0.4, -0.2) is 15.0 Å². The number of H-pyrrole nitrogens is 1. The van der Waals surface area contributed by atoms with Crippen LogP contribution in [0.15, 0.2) is 59.7 Å². The lowest BCUT2D eigenvalue weighted by molar-refractivity contribution is -0.137. The van der Waals surface area contributed by atoms with Crippen LogP contribution in [0.25, 0.3) is 22.6 Å². The van der Waals surface area contributed by atoms with Crippen LogP contribution in [0.5, 0.6) is 0 Å². The van der Waals surface area contributed by atoms with Gasteiger partial charge in [0.05, 0.1) is 11.3 Å². The second-order valence-corrected chi connectivity index (χ2v) is 4.80. The van der Waals surface area contributed by atoms with Gasteiger partial charge in [0.2, 0.25) is 0 Å². The van der Waals surface area contributed by atoms with Crippen LogP contribution in [0.2, 0.25) is 0 Å². The Morgan fingerprint density at radius 1 is 1.00 bits per heavy atom. The van der Waals surface area contributed by atoms with Crippen LogP contribution >= 0.6 is 0 Å². The molecule has 0 unspecified atom stereocenters. The molecule has 0 spiro atoms. The van der Waals surface area contributed by atoms with Crippen LogP contribution in [0.1, 0.15) is 5.56 Å². The molecule has 7 heteroatoms. The fraction of sp³-hybridized carbons (Fsp3) is 0.0625. The van der Waals surface area contributed by atoms with Crippen LogP contribution < -0.4 is 5.56 Å². The van der Waals surface area contributed by atoms with Gasteiger partial charge in [0.25, 0.3) is 5.56 Å². The van der Waals surface area contributed by atoms with Gasteiger partial charge in [-0.25, -0.2) is 4.98 Å². The fourth-order valence-corrected chi connectivity index (χ4v) is 2.07. The minimum Gasteiger partial charge on any atom is -0.306 e. The Bertz CT molecular complexity index is 872. The van der Waals surface area contributed by atoms with Crippen molar-refractivity contribution in [3.8, 4) is 22.6 Å². The van der Waals surface area contributed by atoms with E-state index >= 15 is 0 Å². The van der Waals surface area contributed by atoms with Crippen molar-refractivity contribution in [1.82, 2.24) is 15.0 Å². The molecule has 0 fully saturated rings. The van der Waals surface area contributed by atoms with Crippen molar-refractivity contribution in [2.45, 2.75) is 6.18 Å². The number of aromatic nitrogens is 3. The molecule has 0 saturated carbocycles. The quantitative estimate of drug-likeness (QED) is 0.787. The topological polar surface area (TPSA) is 58.6 Å². The first-order valence-electron chi connectivity index (χ1n) is 6.63. The maximum absolute atomic E-state index is 12.6. The SMILES string of the molecule is O=c1cc(-c2cccnc2)nc(-c2ccc(C(F)(F)F)cc2)[nH]1. The normalized spacial score (nSPS) is 11.4. The first-order chi connectivity index (χ1) is 10.9. The van der Waals surface area contributed by atoms with Crippen LogP contribution in [0.4, 0.5) is 13.2 Å². The highest BCUT2D eigenvalue weighted by Crippen LogP contribution is 2.30. The van der Waals surface area contributed by atoms with E-state index in [1.165, 1.54) is 18.2 Å². The van der Waals surface area contributed by atoms with Crippen molar-refractivity contribution in [2.24, 2.45) is 0 Å². The number of benzene rings is 1. The summed E-state index contributed by atoms with van der Waals surface area (Å²) in [6.07, 6.45) is -1.26. The maximum atomic E-state index is 12.6. The van der Waals surface area contributed by atoms with Gasteiger partial charge in [-0.3, -0.25) is 9.78 Å². The van der Waals surface area contributed by atoms with Gasteiger partial charge in [0, 0.05) is 29.6 Å². The van der Waals surface area contributed by atoms with E-state index in [2.05, 4.69) is 15.0 Å². The Labute approximate surface area is 128 Å². The minimum absolute atomic E-state index is 0.199. The zero-order chi connectivity index (χ0) is 16.4. The standard InChI is InChI=1S/C16H10F3N3O/c17-16(18,19)12-5-3-10(4-6-12)15-21-13(8-14(23)22-15)11-2-1-7-20-9-11/h1-9H,(H,21,22,23). The molecule has 0 atom stereocenters. The van der Waals surface area contributed by atoms with Gasteiger partial charge in [0.1, 0.15) is 5.82 Å². The third-order valence-corrected chi connectivity index (χ3v) is 3.18. The van der Waals surface area contributed by atoms with E-state index in [4.69, 9.17) is 0 Å². The number of halogens is 3. The van der Waals surface area contributed by atoms with E-state index < -0.39 is 17.3 Å². The number of nitrogens with zero attached hydrogens (tertiary/aromatic N) is 2. The number of rotatable bonds is 2. The molecule has 3 aromatic rings. The molecule has 0 aliphatic heterocycles. The van der Waals surface area contributed by atoms with E-state index in [1.54, 1.807) is 24.5 Å². The van der Waals surface area contributed by atoms with Gasteiger partial charge < -0.3 is 4.98 Å². The van der Waals surface area contributed by atoms with E-state index in [0.29, 0.717) is 16.8 Å². The lowest BCUT2D eigenvalue weighted by Gasteiger charge is -2.08. The molecule has 23 heavy (non-hydrogen) atoms. The predicted octanol–water partition coefficient (Wildman–Crippen LogP) is 3.52. The Morgan fingerprint density at radius 2 is 1.74 bits per heavy atom. The summed E-state index contributed by atoms with van der Waals surface area (Å²) >= 11 is 0. The predicted molar refractivity (Wildman–Crippen MR) is 78.5 cm³/mol. The Morgan fingerprint density at radius 3 is 2.35 bits per heavy atom. The molecule has 0 amide bonds. The third-order valence-electron chi connectivity index (χ3n) is 3.18. The molecule has 4 nitrogen and oxygen atoms in total. The molecule has 2 heterocycles. The van der Waals surface area contributed by atoms with Gasteiger partial charge in [-0.2, -0.15) is 13.2 Å². The zero-order valence-corrected chi connectivity index (χ0v) is 11.6. The van der Waals surface area contributed by atoms with Gasteiger partial charge in [-0.05, 0) is 24.3 Å². The summed E-state index contributed by atoms with van der Waals surface area (Å²) < 4.78 is 37.8. The first kappa shape index (κ1) is 15.0. The number of hydrogen-bond donors (Lipinski definition) is 1. The molecule has 0 bridgehead atoms. The number of pyridine rings is 1. The maximum Gasteiger partial charge on any atom is 0.416 e. The van der Waals surface area contributed by atoms with E-state index in [1.807, 2.05) is 0 Å². The molecule has 0 aliphatic carbocycles. The van der Waals surface area contributed by atoms with E-state index in [0.717, 1.165) is 12.1 Å². The summed E-state index contributed by atoms with van der Waals surface area (Å²) in [5.74, 6) is 0.199. The lowest BCUT2D eigenvalue weighted by Crippen LogP contribution is -2.09. The summed E-state index contributed by atoms with van der Waals surface area (Å²) in [6, 6.07) is 9.20. The number of nitrogens with one attached hydrogen (secondary N) is 1. The van der Waals surface area contributed by atoms with Crippen molar-refractivity contribution in [1.29, 1.82) is 0 Å². The number of alkyl halides is 3. The van der Waals surface area contributed by atoms with Gasteiger partial charge in [0.15, 0.2) is 0 Å². The summed E-state index contributed by atoms with van der Waals surface area (Å²) in [6.45, 7) is 0. The van der Waals surface area contributed by atoms with Crippen molar-refractivity contribution in [3.05, 3.63) is 70.8 Å². The molecule has 0 aliphatic rings. The number of hydrogen-bond acceptors (Lipinski definition) is 3. The van der Waals surface area contributed by atoms with Gasteiger partial charge in [-0.15, -0.1) is 0 Å². The highest BCUT2D eigenvalue weighted by atomic mass is 19.4. The highest BCUT2D eigenvalue weighted by molar-refractivity contribution is 5.62. The highest BCUT2D eigenvalue weighted by Gasteiger charge is 2.30. The molecule has 2 aromatic heterocycles. The van der Waals surface area contributed by atoms with Crippen molar-refractivity contribution in [2.75, 3.05) is 0 Å². The van der Waals surface area contributed by atoms with Crippen molar-refractivity contribution in [3.63, 3.8) is 0 Å². The van der Waals surface area contributed by atoms with Crippen LogP contribution in [0, 0.1) is 0 Å². The summed E-state index contributed by atoms with van der Waals surface area (Å²) in [5.41, 5.74) is 0.283. The first-order valence-corrected chi connectivity index (χ1v) is 6.63. The minimum atomic E-state index is -4.41. The molecule has 1 aromatic carbocycles.